The summed E-state index contributed by atoms with van der Waals surface area (Å²) in [6.45, 7) is 11.9. The molecule has 4 nitrogen and oxygen atoms in total. The summed E-state index contributed by atoms with van der Waals surface area (Å²) in [4.78, 5) is 25.2. The highest BCUT2D eigenvalue weighted by atomic mass is 16.2. The van der Waals surface area contributed by atoms with Crippen LogP contribution in [-0.2, 0) is 9.59 Å². The van der Waals surface area contributed by atoms with Crippen molar-refractivity contribution in [1.82, 2.24) is 10.2 Å². The summed E-state index contributed by atoms with van der Waals surface area (Å²) in [5, 5.41) is 2.71. The van der Waals surface area contributed by atoms with Crippen molar-refractivity contribution >= 4 is 11.8 Å². The van der Waals surface area contributed by atoms with Gasteiger partial charge in [0, 0.05) is 19.5 Å². The zero-order valence-corrected chi connectivity index (χ0v) is 11.4. The fourth-order valence-electron chi connectivity index (χ4n) is 1.55. The number of hydrogen-bond acceptors (Lipinski definition) is 2. The SMILES string of the molecule is C=CCN(CC=C)C(=O)C(C)NC(=O)CCCC. The Morgan fingerprint density at radius 2 is 1.83 bits per heavy atom. The van der Waals surface area contributed by atoms with Crippen LogP contribution in [0.2, 0.25) is 0 Å². The number of nitrogens with zero attached hydrogens (tertiary/aromatic N) is 1. The molecular weight excluding hydrogens is 228 g/mol. The van der Waals surface area contributed by atoms with E-state index in [1.807, 2.05) is 6.92 Å². The molecule has 0 bridgehead atoms. The summed E-state index contributed by atoms with van der Waals surface area (Å²) >= 11 is 0. The zero-order valence-electron chi connectivity index (χ0n) is 11.4. The number of unbranched alkanes of at least 4 members (excludes halogenated alkanes) is 1. The van der Waals surface area contributed by atoms with Gasteiger partial charge in [-0.3, -0.25) is 9.59 Å². The minimum atomic E-state index is -0.505. The topological polar surface area (TPSA) is 49.4 Å². The van der Waals surface area contributed by atoms with Gasteiger partial charge in [-0.05, 0) is 13.3 Å². The maximum absolute atomic E-state index is 12.0. The van der Waals surface area contributed by atoms with Gasteiger partial charge in [0.1, 0.15) is 6.04 Å². The summed E-state index contributed by atoms with van der Waals surface area (Å²) in [6.07, 6.45) is 5.60. The fourth-order valence-corrected chi connectivity index (χ4v) is 1.55. The number of amides is 2. The van der Waals surface area contributed by atoms with Gasteiger partial charge in [0.05, 0.1) is 0 Å². The smallest absolute Gasteiger partial charge is 0.245 e. The molecule has 0 aromatic rings. The molecule has 2 amide bonds. The van der Waals surface area contributed by atoms with Crippen LogP contribution in [-0.4, -0.2) is 35.8 Å². The van der Waals surface area contributed by atoms with E-state index in [-0.39, 0.29) is 11.8 Å². The first-order valence-corrected chi connectivity index (χ1v) is 6.36. The first-order valence-electron chi connectivity index (χ1n) is 6.36. The van der Waals surface area contributed by atoms with Gasteiger partial charge >= 0.3 is 0 Å². The highest BCUT2D eigenvalue weighted by molar-refractivity contribution is 5.87. The van der Waals surface area contributed by atoms with Crippen molar-refractivity contribution in [2.45, 2.75) is 39.2 Å². The third-order valence-electron chi connectivity index (χ3n) is 2.52. The third-order valence-corrected chi connectivity index (χ3v) is 2.52. The number of carbonyl (C=O) groups is 2. The van der Waals surface area contributed by atoms with Crippen LogP contribution in [0.25, 0.3) is 0 Å². The Kier molecular flexibility index (Phi) is 8.62. The van der Waals surface area contributed by atoms with Gasteiger partial charge in [-0.15, -0.1) is 13.2 Å². The lowest BCUT2D eigenvalue weighted by Crippen LogP contribution is -2.47. The standard InChI is InChI=1S/C14H24N2O2/c1-5-8-9-13(17)15-12(4)14(18)16(10-6-2)11-7-3/h6-7,12H,2-3,5,8-11H2,1,4H3,(H,15,17). The van der Waals surface area contributed by atoms with Crippen LogP contribution in [0.4, 0.5) is 0 Å². The van der Waals surface area contributed by atoms with Crippen molar-refractivity contribution < 1.29 is 9.59 Å². The molecule has 18 heavy (non-hydrogen) atoms. The van der Waals surface area contributed by atoms with Gasteiger partial charge in [0.2, 0.25) is 11.8 Å². The molecule has 0 aromatic heterocycles. The average molecular weight is 252 g/mol. The quantitative estimate of drug-likeness (QED) is 0.637. The highest BCUT2D eigenvalue weighted by Gasteiger charge is 2.20. The first kappa shape index (κ1) is 16.4. The van der Waals surface area contributed by atoms with Crippen LogP contribution in [0.3, 0.4) is 0 Å². The van der Waals surface area contributed by atoms with E-state index < -0.39 is 6.04 Å². The minimum Gasteiger partial charge on any atom is -0.345 e. The summed E-state index contributed by atoms with van der Waals surface area (Å²) in [6, 6.07) is -0.505. The molecule has 0 radical (unpaired) electrons. The van der Waals surface area contributed by atoms with Crippen molar-refractivity contribution in [3.63, 3.8) is 0 Å². The van der Waals surface area contributed by atoms with E-state index in [1.54, 1.807) is 24.0 Å². The number of nitrogens with one attached hydrogen (secondary N) is 1. The van der Waals surface area contributed by atoms with Crippen LogP contribution >= 0.6 is 0 Å². The second-order valence-electron chi connectivity index (χ2n) is 4.21. The molecular formula is C14H24N2O2. The van der Waals surface area contributed by atoms with E-state index in [0.717, 1.165) is 12.8 Å². The minimum absolute atomic E-state index is 0.0742. The molecule has 0 saturated heterocycles. The zero-order chi connectivity index (χ0) is 14.0. The molecule has 0 rings (SSSR count). The predicted octanol–water partition coefficient (Wildman–Crippen LogP) is 1.88. The monoisotopic (exact) mass is 252 g/mol. The molecule has 1 N–H and O–H groups in total. The van der Waals surface area contributed by atoms with Crippen molar-refractivity contribution in [2.24, 2.45) is 0 Å². The van der Waals surface area contributed by atoms with Gasteiger partial charge in [0.25, 0.3) is 0 Å². The molecule has 0 fully saturated rings. The number of rotatable bonds is 9. The lowest BCUT2D eigenvalue weighted by atomic mass is 10.2. The highest BCUT2D eigenvalue weighted by Crippen LogP contribution is 1.99. The summed E-state index contributed by atoms with van der Waals surface area (Å²) in [5.41, 5.74) is 0. The second-order valence-corrected chi connectivity index (χ2v) is 4.21. The lowest BCUT2D eigenvalue weighted by Gasteiger charge is -2.23. The van der Waals surface area contributed by atoms with E-state index in [2.05, 4.69) is 18.5 Å². The molecule has 0 aliphatic rings. The molecule has 0 spiro atoms. The normalized spacial score (nSPS) is 11.4. The van der Waals surface area contributed by atoms with Crippen molar-refractivity contribution in [1.29, 1.82) is 0 Å². The van der Waals surface area contributed by atoms with Gasteiger partial charge < -0.3 is 10.2 Å². The van der Waals surface area contributed by atoms with E-state index in [4.69, 9.17) is 0 Å². The van der Waals surface area contributed by atoms with Gasteiger partial charge in [-0.2, -0.15) is 0 Å². The predicted molar refractivity (Wildman–Crippen MR) is 74.1 cm³/mol. The Bertz CT molecular complexity index is 290. The number of hydrogen-bond donors (Lipinski definition) is 1. The van der Waals surface area contributed by atoms with Gasteiger partial charge in [-0.1, -0.05) is 25.5 Å². The Labute approximate surface area is 110 Å². The maximum atomic E-state index is 12.0. The molecule has 0 aliphatic heterocycles. The lowest BCUT2D eigenvalue weighted by molar-refractivity contribution is -0.135. The Balaban J connectivity index is 4.32. The van der Waals surface area contributed by atoms with E-state index >= 15 is 0 Å². The van der Waals surface area contributed by atoms with Crippen molar-refractivity contribution in [2.75, 3.05) is 13.1 Å². The largest absolute Gasteiger partial charge is 0.345 e. The van der Waals surface area contributed by atoms with Gasteiger partial charge in [-0.25, -0.2) is 0 Å². The van der Waals surface area contributed by atoms with Crippen LogP contribution < -0.4 is 5.32 Å². The molecule has 0 aromatic carbocycles. The average Bonchev–Trinajstić information content (AvgIpc) is 2.35. The first-order chi connectivity index (χ1) is 8.56. The van der Waals surface area contributed by atoms with Crippen LogP contribution in [0.5, 0.6) is 0 Å². The van der Waals surface area contributed by atoms with Crippen molar-refractivity contribution in [3.05, 3.63) is 25.3 Å². The molecule has 1 unspecified atom stereocenters. The third kappa shape index (κ3) is 6.23. The van der Waals surface area contributed by atoms with Gasteiger partial charge in [0.15, 0.2) is 0 Å². The Morgan fingerprint density at radius 3 is 2.28 bits per heavy atom. The van der Waals surface area contributed by atoms with E-state index in [1.165, 1.54) is 0 Å². The summed E-state index contributed by atoms with van der Waals surface area (Å²) in [7, 11) is 0. The van der Waals surface area contributed by atoms with Crippen LogP contribution in [0.15, 0.2) is 25.3 Å². The number of carbonyl (C=O) groups excluding carboxylic acids is 2. The summed E-state index contributed by atoms with van der Waals surface area (Å²) < 4.78 is 0. The fraction of sp³-hybridized carbons (Fsp3) is 0.571. The van der Waals surface area contributed by atoms with E-state index in [0.29, 0.717) is 19.5 Å². The molecule has 0 heterocycles. The van der Waals surface area contributed by atoms with E-state index in [9.17, 15) is 9.59 Å². The maximum Gasteiger partial charge on any atom is 0.245 e. The molecule has 0 aliphatic carbocycles. The molecule has 0 saturated carbocycles. The van der Waals surface area contributed by atoms with Crippen molar-refractivity contribution in [3.8, 4) is 0 Å². The second kappa shape index (κ2) is 9.45. The summed E-state index contributed by atoms with van der Waals surface area (Å²) in [5.74, 6) is -0.186. The Hall–Kier alpha value is -1.58. The molecule has 1 atom stereocenters. The molecule has 102 valence electrons. The van der Waals surface area contributed by atoms with Crippen LogP contribution in [0, 0.1) is 0 Å². The van der Waals surface area contributed by atoms with Crippen LogP contribution in [0.1, 0.15) is 33.1 Å². The Morgan fingerprint density at radius 1 is 1.28 bits per heavy atom. The molecule has 4 heteroatoms.